The SMILES string of the molecule is CNS(=O)(=O)CCNS(=O)(=O)c1ccc2c(c1)CC(=O)N2C. The van der Waals surface area contributed by atoms with Gasteiger partial charge in [-0.15, -0.1) is 0 Å². The fourth-order valence-corrected chi connectivity index (χ4v) is 3.90. The summed E-state index contributed by atoms with van der Waals surface area (Å²) in [6.45, 7) is -0.235. The van der Waals surface area contributed by atoms with Crippen LogP contribution in [0.5, 0.6) is 0 Å². The van der Waals surface area contributed by atoms with Crippen LogP contribution in [0.3, 0.4) is 0 Å². The molecule has 0 spiro atoms. The Morgan fingerprint density at radius 2 is 1.91 bits per heavy atom. The average molecular weight is 347 g/mol. The van der Waals surface area contributed by atoms with E-state index in [2.05, 4.69) is 9.44 Å². The summed E-state index contributed by atoms with van der Waals surface area (Å²) in [4.78, 5) is 13.1. The maximum Gasteiger partial charge on any atom is 0.240 e. The van der Waals surface area contributed by atoms with E-state index in [4.69, 9.17) is 0 Å². The third-order valence-corrected chi connectivity index (χ3v) is 6.23. The third-order valence-electron chi connectivity index (χ3n) is 3.41. The summed E-state index contributed by atoms with van der Waals surface area (Å²) in [6.07, 6.45) is 0.156. The number of amides is 1. The maximum atomic E-state index is 12.1. The van der Waals surface area contributed by atoms with Crippen LogP contribution in [0.1, 0.15) is 5.56 Å². The van der Waals surface area contributed by atoms with Crippen molar-refractivity contribution in [2.24, 2.45) is 0 Å². The molecular formula is C12H17N3O5S2. The molecule has 0 radical (unpaired) electrons. The Bertz CT molecular complexity index is 802. The van der Waals surface area contributed by atoms with E-state index in [1.54, 1.807) is 13.1 Å². The Kier molecular flexibility index (Phi) is 4.57. The molecule has 1 aromatic carbocycles. The van der Waals surface area contributed by atoms with Crippen LogP contribution < -0.4 is 14.3 Å². The predicted octanol–water partition coefficient (Wildman–Crippen LogP) is -0.967. The molecule has 10 heteroatoms. The van der Waals surface area contributed by atoms with Crippen LogP contribution in [0.4, 0.5) is 5.69 Å². The highest BCUT2D eigenvalue weighted by Crippen LogP contribution is 2.29. The van der Waals surface area contributed by atoms with E-state index in [9.17, 15) is 21.6 Å². The van der Waals surface area contributed by atoms with Crippen molar-refractivity contribution in [2.45, 2.75) is 11.3 Å². The fourth-order valence-electron chi connectivity index (χ4n) is 2.11. The zero-order valence-corrected chi connectivity index (χ0v) is 13.8. The molecule has 0 saturated carbocycles. The molecular weight excluding hydrogens is 330 g/mol. The minimum absolute atomic E-state index is 0.0104. The number of anilines is 1. The summed E-state index contributed by atoms with van der Waals surface area (Å²) in [5, 5.41) is 0. The highest BCUT2D eigenvalue weighted by molar-refractivity contribution is 7.90. The lowest BCUT2D eigenvalue weighted by Gasteiger charge is -2.11. The van der Waals surface area contributed by atoms with Gasteiger partial charge in [0.2, 0.25) is 26.0 Å². The van der Waals surface area contributed by atoms with Crippen LogP contribution in [0.25, 0.3) is 0 Å². The van der Waals surface area contributed by atoms with Crippen molar-refractivity contribution in [3.8, 4) is 0 Å². The molecule has 22 heavy (non-hydrogen) atoms. The second kappa shape index (κ2) is 5.95. The first-order valence-electron chi connectivity index (χ1n) is 6.46. The summed E-state index contributed by atoms with van der Waals surface area (Å²) in [6, 6.07) is 4.40. The molecule has 0 aliphatic carbocycles. The number of hydrogen-bond donors (Lipinski definition) is 2. The number of carbonyl (C=O) groups is 1. The van der Waals surface area contributed by atoms with Gasteiger partial charge in [0, 0.05) is 19.3 Å². The second-order valence-electron chi connectivity index (χ2n) is 4.84. The van der Waals surface area contributed by atoms with Gasteiger partial charge in [0.25, 0.3) is 0 Å². The van der Waals surface area contributed by atoms with E-state index in [0.717, 1.165) is 0 Å². The fraction of sp³-hybridized carbons (Fsp3) is 0.417. The van der Waals surface area contributed by atoms with Gasteiger partial charge in [-0.2, -0.15) is 0 Å². The summed E-state index contributed by atoms with van der Waals surface area (Å²) in [7, 11) is -4.41. The lowest BCUT2D eigenvalue weighted by atomic mass is 10.2. The van der Waals surface area contributed by atoms with Gasteiger partial charge < -0.3 is 4.90 Å². The van der Waals surface area contributed by atoms with Crippen LogP contribution >= 0.6 is 0 Å². The predicted molar refractivity (Wildman–Crippen MR) is 81.6 cm³/mol. The van der Waals surface area contributed by atoms with Gasteiger partial charge >= 0.3 is 0 Å². The van der Waals surface area contributed by atoms with Crippen molar-refractivity contribution in [3.63, 3.8) is 0 Å². The highest BCUT2D eigenvalue weighted by Gasteiger charge is 2.26. The van der Waals surface area contributed by atoms with Crippen molar-refractivity contribution in [1.29, 1.82) is 0 Å². The Morgan fingerprint density at radius 3 is 2.55 bits per heavy atom. The van der Waals surface area contributed by atoms with E-state index in [0.29, 0.717) is 11.3 Å². The zero-order chi connectivity index (χ0) is 16.5. The molecule has 1 heterocycles. The van der Waals surface area contributed by atoms with Crippen LogP contribution in [-0.4, -0.2) is 49.1 Å². The molecule has 2 N–H and O–H groups in total. The van der Waals surface area contributed by atoms with E-state index in [-0.39, 0.29) is 29.5 Å². The molecule has 8 nitrogen and oxygen atoms in total. The molecule has 1 aliphatic heterocycles. The Morgan fingerprint density at radius 1 is 1.23 bits per heavy atom. The van der Waals surface area contributed by atoms with Gasteiger partial charge in [0.15, 0.2) is 0 Å². The smallest absolute Gasteiger partial charge is 0.240 e. The molecule has 1 aromatic rings. The van der Waals surface area contributed by atoms with Gasteiger partial charge in [-0.1, -0.05) is 0 Å². The van der Waals surface area contributed by atoms with Crippen LogP contribution in [0.2, 0.25) is 0 Å². The van der Waals surface area contributed by atoms with Gasteiger partial charge in [-0.05, 0) is 30.8 Å². The number of sulfonamides is 2. The third kappa shape index (κ3) is 3.46. The van der Waals surface area contributed by atoms with Gasteiger partial charge in [0.05, 0.1) is 17.1 Å². The lowest BCUT2D eigenvalue weighted by Crippen LogP contribution is -2.33. The van der Waals surface area contributed by atoms with Crippen molar-refractivity contribution in [1.82, 2.24) is 9.44 Å². The van der Waals surface area contributed by atoms with E-state index in [1.807, 2.05) is 0 Å². The number of benzene rings is 1. The first-order chi connectivity index (χ1) is 10.2. The van der Waals surface area contributed by atoms with Crippen LogP contribution in [0, 0.1) is 0 Å². The minimum Gasteiger partial charge on any atom is -0.315 e. The molecule has 0 unspecified atom stereocenters. The average Bonchev–Trinajstić information content (AvgIpc) is 2.73. The van der Waals surface area contributed by atoms with Crippen LogP contribution in [-0.2, 0) is 31.3 Å². The van der Waals surface area contributed by atoms with Gasteiger partial charge in [-0.3, -0.25) is 4.79 Å². The Labute approximate surface area is 129 Å². The molecule has 0 fully saturated rings. The topological polar surface area (TPSA) is 113 Å². The molecule has 1 amide bonds. The monoisotopic (exact) mass is 347 g/mol. The van der Waals surface area contributed by atoms with Crippen molar-refractivity contribution in [2.75, 3.05) is 31.3 Å². The lowest BCUT2D eigenvalue weighted by molar-refractivity contribution is -0.117. The number of fused-ring (bicyclic) bond motifs is 1. The standard InChI is InChI=1S/C12H17N3O5S2/c1-13-21(17,18)6-5-14-22(19,20)10-3-4-11-9(7-10)8-12(16)15(11)2/h3-4,7,13-14H,5-6,8H2,1-2H3. The Hall–Kier alpha value is -1.49. The molecule has 122 valence electrons. The number of likely N-dealkylation sites (N-methyl/N-ethyl adjacent to an activating group) is 1. The number of nitrogens with one attached hydrogen (secondary N) is 2. The van der Waals surface area contributed by atoms with Gasteiger partial charge in [-0.25, -0.2) is 26.3 Å². The summed E-state index contributed by atoms with van der Waals surface area (Å²) in [5.74, 6) is -0.452. The summed E-state index contributed by atoms with van der Waals surface area (Å²) < 4.78 is 51.1. The van der Waals surface area contributed by atoms with E-state index in [1.165, 1.54) is 24.1 Å². The molecule has 2 rings (SSSR count). The van der Waals surface area contributed by atoms with Gasteiger partial charge in [0.1, 0.15) is 0 Å². The molecule has 0 aromatic heterocycles. The first kappa shape index (κ1) is 16.9. The van der Waals surface area contributed by atoms with E-state index < -0.39 is 20.0 Å². The summed E-state index contributed by atoms with van der Waals surface area (Å²) >= 11 is 0. The second-order valence-corrected chi connectivity index (χ2v) is 8.65. The zero-order valence-electron chi connectivity index (χ0n) is 12.2. The maximum absolute atomic E-state index is 12.1. The molecule has 0 saturated heterocycles. The normalized spacial score (nSPS) is 15.2. The van der Waals surface area contributed by atoms with Crippen molar-refractivity contribution < 1.29 is 21.6 Å². The number of nitrogens with zero attached hydrogens (tertiary/aromatic N) is 1. The van der Waals surface area contributed by atoms with Crippen LogP contribution in [0.15, 0.2) is 23.1 Å². The van der Waals surface area contributed by atoms with Crippen molar-refractivity contribution >= 4 is 31.6 Å². The van der Waals surface area contributed by atoms with Crippen molar-refractivity contribution in [3.05, 3.63) is 23.8 Å². The van der Waals surface area contributed by atoms with E-state index >= 15 is 0 Å². The number of carbonyl (C=O) groups excluding carboxylic acids is 1. The minimum atomic E-state index is -3.82. The highest BCUT2D eigenvalue weighted by atomic mass is 32.2. The Balaban J connectivity index is 2.15. The quantitative estimate of drug-likeness (QED) is 0.688. The summed E-state index contributed by atoms with van der Waals surface area (Å²) in [5.41, 5.74) is 1.32. The molecule has 0 bridgehead atoms. The largest absolute Gasteiger partial charge is 0.315 e. The number of hydrogen-bond acceptors (Lipinski definition) is 5. The molecule has 1 aliphatic rings. The first-order valence-corrected chi connectivity index (χ1v) is 9.60. The number of rotatable bonds is 6. The molecule has 0 atom stereocenters.